The van der Waals surface area contributed by atoms with Crippen LogP contribution in [0.5, 0.6) is 34.5 Å². The third-order valence-electron chi connectivity index (χ3n) is 25.4. The Hall–Kier alpha value is -11.0. The summed E-state index contributed by atoms with van der Waals surface area (Å²) < 4.78 is 80.3. The van der Waals surface area contributed by atoms with Crippen molar-refractivity contribution in [3.63, 3.8) is 0 Å². The first-order valence-electron chi connectivity index (χ1n) is 45.3. The van der Waals surface area contributed by atoms with Gasteiger partial charge in [-0.15, -0.1) is 0 Å². The largest absolute Gasteiger partial charge is 0.493 e. The number of carbonyl (C=O) groups excluding carboxylic acids is 11. The van der Waals surface area contributed by atoms with E-state index in [1.165, 1.54) is 28.4 Å². The second-order valence-electron chi connectivity index (χ2n) is 34.1. The van der Waals surface area contributed by atoms with Crippen LogP contribution in [0.15, 0.2) is 109 Å². The van der Waals surface area contributed by atoms with Crippen molar-refractivity contribution in [3.05, 3.63) is 176 Å². The number of amides is 2. The summed E-state index contributed by atoms with van der Waals surface area (Å²) in [6.07, 6.45) is 16.0. The van der Waals surface area contributed by atoms with E-state index >= 15 is 0 Å². The van der Waals surface area contributed by atoms with Gasteiger partial charge in [-0.3, -0.25) is 44.0 Å². The Morgan fingerprint density at radius 2 is 0.492 bits per heavy atom. The highest BCUT2D eigenvalue weighted by Crippen LogP contribution is 2.39. The molecule has 5 N–H and O–H groups in total. The lowest BCUT2D eigenvalue weighted by Gasteiger charge is -2.24. The van der Waals surface area contributed by atoms with Crippen LogP contribution < -0.4 is 44.7 Å². The number of Topliss-reactive ketones (excluding diaryl/α,β-unsaturated/α-hetero) is 5. The average molecular weight is 1800 g/mol. The van der Waals surface area contributed by atoms with Gasteiger partial charge in [-0.2, -0.15) is 0 Å². The molecule has 11 aliphatic rings. The molecule has 31 nitrogen and oxygen atoms in total. The zero-order chi connectivity index (χ0) is 91.8. The fourth-order valence-electron chi connectivity index (χ4n) is 18.1. The highest BCUT2D eigenvalue weighted by molar-refractivity contribution is 5.96. The lowest BCUT2D eigenvalue weighted by molar-refractivity contribution is -0.131. The van der Waals surface area contributed by atoms with Gasteiger partial charge in [0.2, 0.25) is 0 Å². The summed E-state index contributed by atoms with van der Waals surface area (Å²) in [5.41, 5.74) is 11.7. The zero-order valence-corrected chi connectivity index (χ0v) is 74.5. The Morgan fingerprint density at radius 3 is 0.715 bits per heavy atom. The van der Waals surface area contributed by atoms with E-state index in [1.807, 2.05) is 24.3 Å². The first-order valence-corrected chi connectivity index (χ1v) is 45.3. The first-order chi connectivity index (χ1) is 63.2. The van der Waals surface area contributed by atoms with Gasteiger partial charge < -0.3 is 76.4 Å². The molecule has 11 aliphatic heterocycles. The summed E-state index contributed by atoms with van der Waals surface area (Å²) in [6, 6.07) is 31.3. The van der Waals surface area contributed by atoms with Gasteiger partial charge in [-0.05, 0) is 229 Å². The quantitative estimate of drug-likeness (QED) is 0.0260. The Kier molecular flexibility index (Phi) is 37.6. The smallest absolute Gasteiger partial charge is 0.337 e. The molecule has 2 amide bonds. The Labute approximate surface area is 756 Å². The van der Waals surface area contributed by atoms with Crippen LogP contribution in [-0.4, -0.2) is 216 Å². The van der Waals surface area contributed by atoms with Gasteiger partial charge in [0.1, 0.15) is 70.0 Å². The molecule has 6 aromatic rings. The summed E-state index contributed by atoms with van der Waals surface area (Å²) in [7, 11) is 5.44. The van der Waals surface area contributed by atoms with Crippen molar-refractivity contribution in [3.8, 4) is 34.5 Å². The average Bonchev–Trinajstić information content (AvgIpc) is 1.60. The predicted molar refractivity (Wildman–Crippen MR) is 469 cm³/mol. The molecule has 0 saturated carbocycles. The number of ether oxygens (including phenoxy) is 15. The number of benzene rings is 6. The molecule has 0 aliphatic carbocycles. The Morgan fingerprint density at radius 1 is 0.277 bits per heavy atom. The van der Waals surface area contributed by atoms with Crippen LogP contribution in [0.1, 0.15) is 192 Å². The number of hydroxylamine groups is 2. The van der Waals surface area contributed by atoms with E-state index in [2.05, 4.69) is 10.1 Å². The molecule has 5 saturated heterocycles. The van der Waals surface area contributed by atoms with Crippen molar-refractivity contribution < 1.29 is 134 Å². The van der Waals surface area contributed by atoms with Gasteiger partial charge in [-0.1, -0.05) is 36.4 Å². The summed E-state index contributed by atoms with van der Waals surface area (Å²) in [5.74, 6) is 2.60. The van der Waals surface area contributed by atoms with Crippen LogP contribution >= 0.6 is 0 Å². The third-order valence-corrected chi connectivity index (χ3v) is 25.4. The highest BCUT2D eigenvalue weighted by atomic mass is 16.5. The van der Waals surface area contributed by atoms with E-state index < -0.39 is 11.8 Å². The summed E-state index contributed by atoms with van der Waals surface area (Å²) in [5, 5.41) is 20.6. The van der Waals surface area contributed by atoms with E-state index in [-0.39, 0.29) is 112 Å². The minimum absolute atomic E-state index is 0.00487. The van der Waals surface area contributed by atoms with E-state index in [0.717, 1.165) is 149 Å². The summed E-state index contributed by atoms with van der Waals surface area (Å²) in [4.78, 5) is 133. The maximum absolute atomic E-state index is 12.7. The molecular weight excluding hydrogens is 1680 g/mol. The van der Waals surface area contributed by atoms with Crippen molar-refractivity contribution in [1.82, 2.24) is 16.3 Å². The number of fused-ring (bicyclic) bond motifs is 6. The van der Waals surface area contributed by atoms with Crippen molar-refractivity contribution in [1.29, 1.82) is 0 Å². The normalized spacial score (nSPS) is 23.0. The number of hydrogen-bond acceptors (Lipinski definition) is 29. The van der Waals surface area contributed by atoms with Gasteiger partial charge >= 0.3 is 23.9 Å². The molecule has 31 heteroatoms. The molecule has 0 aromatic heterocycles. The fraction of sp³-hybridized carbons (Fsp3) is 0.525. The Balaban J connectivity index is 0.000000142. The standard InChI is InChI=1S/3C18H22O5.2C17H21NO5.C11H13NO3/c3*1-21-18(20)14-5-4-12-9-13(6-8-23-16(12)10-14)17(19)15-3-2-7-22-11-15;2*19-16(14-2-1-6-22-10-14)12-5-7-23-15-9-13(17(20)18-21)4-3-11(15)8-12;1-14-11(13)8-2-3-9-7-12-4-5-15-10(9)6-8/h3*4-5,10,13,15H,2-3,6-9,11H2,1H3;2*3-4,9,12,14,21H,1-2,5-8,10H2,(H,18,20);2-3,6,12H,4-5,7H2,1H3/t2*13?,15-;;2*12?,14-;/m10.10./s1. The molecule has 700 valence electrons. The van der Waals surface area contributed by atoms with Gasteiger partial charge in [0.05, 0.1) is 117 Å². The number of hydrogen-bond donors (Lipinski definition) is 5. The maximum Gasteiger partial charge on any atom is 0.337 e. The zero-order valence-electron chi connectivity index (χ0n) is 74.5. The van der Waals surface area contributed by atoms with E-state index in [4.69, 9.17) is 76.7 Å². The molecule has 6 unspecified atom stereocenters. The molecule has 11 heterocycles. The van der Waals surface area contributed by atoms with Gasteiger partial charge in [0.25, 0.3) is 11.8 Å². The van der Waals surface area contributed by atoms with Crippen LogP contribution in [-0.2, 0) is 105 Å². The van der Waals surface area contributed by atoms with Crippen LogP contribution in [0.4, 0.5) is 0 Å². The third kappa shape index (κ3) is 27.1. The number of rotatable bonds is 16. The molecule has 0 radical (unpaired) electrons. The molecule has 5 fully saturated rings. The predicted octanol–water partition coefficient (Wildman–Crippen LogP) is 11.7. The summed E-state index contributed by atoms with van der Waals surface area (Å²) in [6.45, 7) is 11.0. The SMILES string of the molecule is COC(=O)c1ccc2c(c1)OCCC(C(=O)C1CCCOC1)C2.COC(=O)c1ccc2c(c1)OCCC(C(=O)[C@@H]1CCCOC1)C2.COC(=O)c1ccc2c(c1)OCCC(C(=O)[C@H]1CCCOC1)C2.COC(=O)c1ccc2c(c1)OCCNC2.O=C(NO)c1ccc2c(c1)OCCC(C(=O)[C@@H]1CCCOC1)C2.O=C(NO)c1ccc2c(c1)OCCC(C(=O)[C@H]1CCCOC1)C2. The van der Waals surface area contributed by atoms with Crippen LogP contribution in [0.25, 0.3) is 0 Å². The van der Waals surface area contributed by atoms with Gasteiger partial charge in [0.15, 0.2) is 0 Å². The van der Waals surface area contributed by atoms with Crippen molar-refractivity contribution in [2.75, 3.05) is 141 Å². The number of methoxy groups -OCH3 is 4. The fourth-order valence-corrected chi connectivity index (χ4v) is 18.1. The molecule has 6 aromatic carbocycles. The van der Waals surface area contributed by atoms with Crippen LogP contribution in [0.2, 0.25) is 0 Å². The van der Waals surface area contributed by atoms with Crippen molar-refractivity contribution in [2.45, 2.75) is 135 Å². The maximum atomic E-state index is 12.7. The highest BCUT2D eigenvalue weighted by Gasteiger charge is 2.38. The topological polar surface area (TPSA) is 403 Å². The minimum Gasteiger partial charge on any atom is -0.493 e. The second-order valence-corrected chi connectivity index (χ2v) is 34.1. The summed E-state index contributed by atoms with van der Waals surface area (Å²) >= 11 is 0. The van der Waals surface area contributed by atoms with E-state index in [9.17, 15) is 52.7 Å². The van der Waals surface area contributed by atoms with Crippen molar-refractivity contribution in [2.24, 2.45) is 59.2 Å². The van der Waals surface area contributed by atoms with Crippen LogP contribution in [0, 0.1) is 59.2 Å². The second kappa shape index (κ2) is 49.8. The number of carbonyl (C=O) groups is 11. The van der Waals surface area contributed by atoms with E-state index in [0.29, 0.717) is 199 Å². The molecule has 0 bridgehead atoms. The van der Waals surface area contributed by atoms with Gasteiger partial charge in [-0.25, -0.2) is 30.1 Å². The molecular formula is C99H121N3O28. The Bertz CT molecular complexity index is 4270. The molecule has 17 rings (SSSR count). The molecule has 10 atom stereocenters. The molecule has 0 spiro atoms. The lowest BCUT2D eigenvalue weighted by atomic mass is 9.84. The van der Waals surface area contributed by atoms with Gasteiger partial charge in [0, 0.05) is 122 Å². The molecule has 130 heavy (non-hydrogen) atoms. The monoisotopic (exact) mass is 1800 g/mol. The number of esters is 4. The van der Waals surface area contributed by atoms with Crippen molar-refractivity contribution >= 4 is 64.6 Å². The lowest BCUT2D eigenvalue weighted by Crippen LogP contribution is -2.31. The van der Waals surface area contributed by atoms with E-state index in [1.54, 1.807) is 95.9 Å². The minimum atomic E-state index is -0.576. The number of nitrogens with one attached hydrogen (secondary N) is 3. The number of ketones is 5. The van der Waals surface area contributed by atoms with Crippen LogP contribution in [0.3, 0.4) is 0 Å². The first kappa shape index (κ1) is 98.0.